The summed E-state index contributed by atoms with van der Waals surface area (Å²) in [4.78, 5) is 13.7. The molecule has 0 atom stereocenters. The number of carbonyl (C=O) groups excluding carboxylic acids is 1. The van der Waals surface area contributed by atoms with E-state index in [0.717, 1.165) is 19.4 Å². The molecule has 0 unspecified atom stereocenters. The molecule has 0 aliphatic heterocycles. The van der Waals surface area contributed by atoms with Crippen molar-refractivity contribution in [2.24, 2.45) is 5.73 Å². The number of nitrogens with two attached hydrogens (primary N) is 1. The third kappa shape index (κ3) is 8.61. The Morgan fingerprint density at radius 2 is 2.06 bits per heavy atom. The molecule has 0 heterocycles. The molecule has 5 heteroatoms. The number of hydrogen-bond donors (Lipinski definition) is 2. The van der Waals surface area contributed by atoms with Gasteiger partial charge >= 0.3 is 0 Å². The number of unbranched alkanes of at least 4 members (excludes halogenated alkanes) is 1. The molecule has 0 aliphatic rings. The van der Waals surface area contributed by atoms with Crippen LogP contribution in [0.25, 0.3) is 0 Å². The minimum atomic E-state index is -0.0790. The summed E-state index contributed by atoms with van der Waals surface area (Å²) in [5.74, 6) is -0.0790. The van der Waals surface area contributed by atoms with E-state index in [1.807, 2.05) is 0 Å². The molecule has 0 aromatic rings. The number of rotatable bonds is 8. The van der Waals surface area contributed by atoms with E-state index in [9.17, 15) is 4.79 Å². The van der Waals surface area contributed by atoms with Crippen molar-refractivity contribution >= 4 is 23.1 Å². The second-order valence-corrected chi connectivity index (χ2v) is 4.80. The molecule has 16 heavy (non-hydrogen) atoms. The summed E-state index contributed by atoms with van der Waals surface area (Å²) in [6.07, 6.45) is 2.23. The average Bonchev–Trinajstić information content (AvgIpc) is 2.15. The standard InChI is InChI=1S/C11H23N3OS/c1-9(2)14(3)7-5-4-6-13-11(15)8-10(12)16/h9H,4-8H2,1-3H3,(H2,12,16)(H,13,15). The van der Waals surface area contributed by atoms with Crippen LogP contribution in [0.4, 0.5) is 0 Å². The highest BCUT2D eigenvalue weighted by molar-refractivity contribution is 7.80. The van der Waals surface area contributed by atoms with E-state index in [1.54, 1.807) is 0 Å². The normalized spacial score (nSPS) is 10.8. The lowest BCUT2D eigenvalue weighted by Gasteiger charge is -2.20. The van der Waals surface area contributed by atoms with Crippen molar-refractivity contribution in [3.8, 4) is 0 Å². The third-order valence-corrected chi connectivity index (χ3v) is 2.62. The Labute approximate surface area is 104 Å². The van der Waals surface area contributed by atoms with Gasteiger partial charge < -0.3 is 16.0 Å². The molecule has 0 radical (unpaired) electrons. The monoisotopic (exact) mass is 245 g/mol. The quantitative estimate of drug-likeness (QED) is 0.493. The zero-order valence-electron chi connectivity index (χ0n) is 10.5. The molecular formula is C11H23N3OS. The first-order valence-electron chi connectivity index (χ1n) is 5.68. The minimum Gasteiger partial charge on any atom is -0.393 e. The maximum Gasteiger partial charge on any atom is 0.226 e. The van der Waals surface area contributed by atoms with Crippen molar-refractivity contribution in [2.45, 2.75) is 39.2 Å². The van der Waals surface area contributed by atoms with E-state index in [4.69, 9.17) is 5.73 Å². The molecule has 0 bridgehead atoms. The predicted octanol–water partition coefficient (Wildman–Crippen LogP) is 0.899. The average molecular weight is 245 g/mol. The Bertz CT molecular complexity index is 231. The van der Waals surface area contributed by atoms with E-state index in [1.165, 1.54) is 0 Å². The number of nitrogens with zero attached hydrogens (tertiary/aromatic N) is 1. The lowest BCUT2D eigenvalue weighted by molar-refractivity contribution is -0.119. The van der Waals surface area contributed by atoms with Gasteiger partial charge in [0.15, 0.2) is 0 Å². The molecule has 0 saturated carbocycles. The van der Waals surface area contributed by atoms with E-state index in [0.29, 0.717) is 12.6 Å². The molecule has 0 spiro atoms. The summed E-state index contributed by atoms with van der Waals surface area (Å²) in [5, 5.41) is 2.79. The summed E-state index contributed by atoms with van der Waals surface area (Å²) in [6, 6.07) is 0.573. The largest absolute Gasteiger partial charge is 0.393 e. The van der Waals surface area contributed by atoms with Crippen LogP contribution in [0.3, 0.4) is 0 Å². The van der Waals surface area contributed by atoms with Crippen LogP contribution in [0.2, 0.25) is 0 Å². The molecule has 0 aromatic carbocycles. The summed E-state index contributed by atoms with van der Waals surface area (Å²) < 4.78 is 0. The second kappa shape index (κ2) is 8.47. The Morgan fingerprint density at radius 1 is 1.44 bits per heavy atom. The molecule has 0 aromatic heterocycles. The Balaban J connectivity index is 3.40. The number of thiocarbonyl (C=S) groups is 1. The fraction of sp³-hybridized carbons (Fsp3) is 0.818. The maximum absolute atomic E-state index is 11.2. The van der Waals surface area contributed by atoms with Crippen LogP contribution in [0.1, 0.15) is 33.1 Å². The molecule has 1 amide bonds. The fourth-order valence-corrected chi connectivity index (χ4v) is 1.32. The zero-order chi connectivity index (χ0) is 12.6. The van der Waals surface area contributed by atoms with Gasteiger partial charge in [-0.3, -0.25) is 4.79 Å². The fourth-order valence-electron chi connectivity index (χ4n) is 1.19. The molecular weight excluding hydrogens is 222 g/mol. The summed E-state index contributed by atoms with van der Waals surface area (Å²) in [5.41, 5.74) is 5.26. The minimum absolute atomic E-state index is 0.0790. The Kier molecular flexibility index (Phi) is 8.11. The van der Waals surface area contributed by atoms with Crippen LogP contribution in [-0.4, -0.2) is 42.0 Å². The van der Waals surface area contributed by atoms with E-state index in [-0.39, 0.29) is 17.3 Å². The molecule has 0 saturated heterocycles. The van der Waals surface area contributed by atoms with Crippen molar-refractivity contribution in [2.75, 3.05) is 20.1 Å². The molecule has 94 valence electrons. The van der Waals surface area contributed by atoms with Gasteiger partial charge in [-0.1, -0.05) is 12.2 Å². The van der Waals surface area contributed by atoms with Crippen molar-refractivity contribution in [3.05, 3.63) is 0 Å². The Morgan fingerprint density at radius 3 is 2.56 bits per heavy atom. The number of hydrogen-bond acceptors (Lipinski definition) is 3. The van der Waals surface area contributed by atoms with Gasteiger partial charge in [-0.25, -0.2) is 0 Å². The van der Waals surface area contributed by atoms with Gasteiger partial charge in [0.2, 0.25) is 5.91 Å². The van der Waals surface area contributed by atoms with Crippen LogP contribution >= 0.6 is 12.2 Å². The zero-order valence-corrected chi connectivity index (χ0v) is 11.3. The van der Waals surface area contributed by atoms with Crippen LogP contribution in [-0.2, 0) is 4.79 Å². The van der Waals surface area contributed by atoms with Gasteiger partial charge in [-0.05, 0) is 40.3 Å². The van der Waals surface area contributed by atoms with Crippen molar-refractivity contribution < 1.29 is 4.79 Å². The van der Waals surface area contributed by atoms with Gasteiger partial charge in [-0.15, -0.1) is 0 Å². The molecule has 0 rings (SSSR count). The van der Waals surface area contributed by atoms with Crippen LogP contribution < -0.4 is 11.1 Å². The van der Waals surface area contributed by atoms with E-state index in [2.05, 4.69) is 43.3 Å². The van der Waals surface area contributed by atoms with Gasteiger partial charge in [-0.2, -0.15) is 0 Å². The third-order valence-electron chi connectivity index (χ3n) is 2.48. The first-order chi connectivity index (χ1) is 7.43. The van der Waals surface area contributed by atoms with Gasteiger partial charge in [0.05, 0.1) is 11.4 Å². The molecule has 0 aliphatic carbocycles. The molecule has 0 fully saturated rings. The summed E-state index contributed by atoms with van der Waals surface area (Å²) >= 11 is 4.65. The van der Waals surface area contributed by atoms with Gasteiger partial charge in [0.25, 0.3) is 0 Å². The van der Waals surface area contributed by atoms with Crippen molar-refractivity contribution in [3.63, 3.8) is 0 Å². The second-order valence-electron chi connectivity index (χ2n) is 4.27. The highest BCUT2D eigenvalue weighted by Crippen LogP contribution is 1.97. The number of amides is 1. The van der Waals surface area contributed by atoms with E-state index >= 15 is 0 Å². The van der Waals surface area contributed by atoms with Crippen molar-refractivity contribution in [1.82, 2.24) is 10.2 Å². The molecule has 4 nitrogen and oxygen atoms in total. The Hall–Kier alpha value is -0.680. The topological polar surface area (TPSA) is 58.4 Å². The highest BCUT2D eigenvalue weighted by atomic mass is 32.1. The molecule has 3 N–H and O–H groups in total. The van der Waals surface area contributed by atoms with Gasteiger partial charge in [0.1, 0.15) is 0 Å². The smallest absolute Gasteiger partial charge is 0.226 e. The number of nitrogens with one attached hydrogen (secondary N) is 1. The predicted molar refractivity (Wildman–Crippen MR) is 71.4 cm³/mol. The highest BCUT2D eigenvalue weighted by Gasteiger charge is 2.03. The van der Waals surface area contributed by atoms with Crippen LogP contribution in [0.15, 0.2) is 0 Å². The lowest BCUT2D eigenvalue weighted by atomic mass is 10.2. The maximum atomic E-state index is 11.2. The first kappa shape index (κ1) is 15.3. The first-order valence-corrected chi connectivity index (χ1v) is 6.09. The summed E-state index contributed by atoms with van der Waals surface area (Å²) in [6.45, 7) is 6.10. The van der Waals surface area contributed by atoms with Crippen LogP contribution in [0.5, 0.6) is 0 Å². The summed E-state index contributed by atoms with van der Waals surface area (Å²) in [7, 11) is 2.11. The van der Waals surface area contributed by atoms with Crippen LogP contribution in [0, 0.1) is 0 Å². The lowest BCUT2D eigenvalue weighted by Crippen LogP contribution is -2.30. The van der Waals surface area contributed by atoms with Gasteiger partial charge in [0, 0.05) is 12.6 Å². The SMILES string of the molecule is CC(C)N(C)CCCCNC(=O)CC(N)=S. The van der Waals surface area contributed by atoms with Crippen molar-refractivity contribution in [1.29, 1.82) is 0 Å². The number of carbonyl (C=O) groups is 1. The van der Waals surface area contributed by atoms with E-state index < -0.39 is 0 Å².